The molecule has 0 nitrogen and oxygen atoms in total. The maximum absolute atomic E-state index is 12.0. The van der Waals surface area contributed by atoms with Crippen LogP contribution in [-0.2, 0) is 12.8 Å². The highest BCUT2D eigenvalue weighted by Crippen LogP contribution is 2.21. The molecule has 104 valence electrons. The summed E-state index contributed by atoms with van der Waals surface area (Å²) in [6.07, 6.45) is 6.41. The maximum Gasteiger partial charge on any atom is 0.0830 e. The Hall–Kier alpha value is -1.89. The average molecular weight is 268 g/mol. The molecule has 0 amide bonds. The van der Waals surface area contributed by atoms with Gasteiger partial charge in [-0.2, -0.15) is 0 Å². The summed E-state index contributed by atoms with van der Waals surface area (Å²) in [5.41, 5.74) is 4.97. The fraction of sp³-hybridized carbons (Fsp3) is 0.263. The van der Waals surface area contributed by atoms with Gasteiger partial charge in [0.05, 0.1) is 6.33 Å². The first kappa shape index (κ1) is 14.5. The Bertz CT molecular complexity index is 535. The maximum atomic E-state index is 12.0. The highest BCUT2D eigenvalue weighted by molar-refractivity contribution is 5.64. The van der Waals surface area contributed by atoms with E-state index in [-0.39, 0.29) is 0 Å². The lowest BCUT2D eigenvalue weighted by Crippen LogP contribution is -1.86. The van der Waals surface area contributed by atoms with E-state index < -0.39 is 0 Å². The molecule has 0 spiro atoms. The minimum atomic E-state index is 0.600. The average Bonchev–Trinajstić information content (AvgIpc) is 2.52. The van der Waals surface area contributed by atoms with E-state index in [0.29, 0.717) is 12.8 Å². The summed E-state index contributed by atoms with van der Waals surface area (Å²) in [6.45, 7) is 2.22. The number of benzene rings is 2. The molecular weight excluding hydrogens is 247 g/mol. The number of halogens is 1. The zero-order valence-electron chi connectivity index (χ0n) is 12.0. The predicted octanol–water partition coefficient (Wildman–Crippen LogP) is 5.72. The Labute approximate surface area is 121 Å². The van der Waals surface area contributed by atoms with Gasteiger partial charge in [0.25, 0.3) is 0 Å². The molecule has 20 heavy (non-hydrogen) atoms. The summed E-state index contributed by atoms with van der Waals surface area (Å²) in [5.74, 6) is 0. The summed E-state index contributed by atoms with van der Waals surface area (Å²) in [6, 6.07) is 17.1. The lowest BCUT2D eigenvalue weighted by Gasteiger charge is -2.05. The van der Waals surface area contributed by atoms with E-state index in [9.17, 15) is 4.39 Å². The van der Waals surface area contributed by atoms with Crippen LogP contribution >= 0.6 is 0 Å². The number of unbranched alkanes of at least 4 members (excludes halogenated alkanes) is 1. The minimum absolute atomic E-state index is 0.600. The molecule has 0 saturated carbocycles. The van der Waals surface area contributed by atoms with Crippen LogP contribution in [0.2, 0.25) is 0 Å². The summed E-state index contributed by atoms with van der Waals surface area (Å²) in [5, 5.41) is 0. The van der Waals surface area contributed by atoms with Gasteiger partial charge in [-0.15, -0.1) is 0 Å². The molecule has 2 aromatic rings. The number of hydrogen-bond acceptors (Lipinski definition) is 0. The molecule has 0 aliphatic carbocycles. The first-order valence-electron chi connectivity index (χ1n) is 7.27. The Balaban J connectivity index is 2.07. The normalized spacial score (nSPS) is 11.1. The van der Waals surface area contributed by atoms with Gasteiger partial charge >= 0.3 is 0 Å². The van der Waals surface area contributed by atoms with Crippen molar-refractivity contribution in [1.29, 1.82) is 0 Å². The molecule has 2 rings (SSSR count). The molecule has 0 saturated heterocycles. The van der Waals surface area contributed by atoms with Crippen LogP contribution in [0.5, 0.6) is 0 Å². The van der Waals surface area contributed by atoms with Crippen LogP contribution in [0, 0.1) is 0 Å². The van der Waals surface area contributed by atoms with Crippen molar-refractivity contribution in [2.24, 2.45) is 0 Å². The van der Waals surface area contributed by atoms with Gasteiger partial charge in [0.1, 0.15) is 0 Å². The standard InChI is InChI=1S/C19H21F/c1-2-3-5-16-7-11-18(12-8-16)19-13-9-17(10-14-19)6-4-15-20/h4,7-15H,2-3,5-6H2,1H3. The third kappa shape index (κ3) is 4.06. The lowest BCUT2D eigenvalue weighted by atomic mass is 10.0. The van der Waals surface area contributed by atoms with Crippen molar-refractivity contribution in [3.05, 3.63) is 72.1 Å². The van der Waals surface area contributed by atoms with Crippen LogP contribution in [0.25, 0.3) is 11.1 Å². The van der Waals surface area contributed by atoms with Gasteiger partial charge in [-0.1, -0.05) is 68.0 Å². The van der Waals surface area contributed by atoms with Crippen molar-refractivity contribution < 1.29 is 4.39 Å². The first-order valence-corrected chi connectivity index (χ1v) is 7.27. The van der Waals surface area contributed by atoms with Crippen LogP contribution in [0.4, 0.5) is 4.39 Å². The zero-order valence-corrected chi connectivity index (χ0v) is 12.0. The molecule has 1 heteroatoms. The number of aryl methyl sites for hydroxylation is 1. The largest absolute Gasteiger partial charge is 0.216 e. The van der Waals surface area contributed by atoms with Crippen molar-refractivity contribution in [2.45, 2.75) is 32.6 Å². The number of rotatable bonds is 6. The molecule has 0 heterocycles. The molecule has 0 N–H and O–H groups in total. The summed E-state index contributed by atoms with van der Waals surface area (Å²) in [7, 11) is 0. The van der Waals surface area contributed by atoms with Gasteiger partial charge in [0, 0.05) is 0 Å². The van der Waals surface area contributed by atoms with E-state index in [2.05, 4.69) is 55.5 Å². The van der Waals surface area contributed by atoms with E-state index in [1.165, 1.54) is 35.6 Å². The molecule has 2 aromatic carbocycles. The van der Waals surface area contributed by atoms with Crippen molar-refractivity contribution in [2.75, 3.05) is 0 Å². The molecule has 0 aliphatic rings. The smallest absolute Gasteiger partial charge is 0.0830 e. The second-order valence-corrected chi connectivity index (χ2v) is 5.06. The fourth-order valence-electron chi connectivity index (χ4n) is 2.26. The molecular formula is C19H21F. The third-order valence-corrected chi connectivity index (χ3v) is 3.50. The summed E-state index contributed by atoms with van der Waals surface area (Å²) in [4.78, 5) is 0. The molecule has 0 atom stereocenters. The van der Waals surface area contributed by atoms with Crippen LogP contribution in [0.3, 0.4) is 0 Å². The SMILES string of the molecule is CCCCc1ccc(-c2ccc(CC=CF)cc2)cc1. The monoisotopic (exact) mass is 268 g/mol. The molecule has 0 aliphatic heterocycles. The van der Waals surface area contributed by atoms with Crippen molar-refractivity contribution in [3.63, 3.8) is 0 Å². The van der Waals surface area contributed by atoms with E-state index in [1.807, 2.05) is 0 Å². The lowest BCUT2D eigenvalue weighted by molar-refractivity contribution is 0.716. The topological polar surface area (TPSA) is 0 Å². The molecule has 0 fully saturated rings. The minimum Gasteiger partial charge on any atom is -0.216 e. The number of hydrogen-bond donors (Lipinski definition) is 0. The second kappa shape index (κ2) is 7.64. The Morgan fingerprint density at radius 1 is 0.850 bits per heavy atom. The van der Waals surface area contributed by atoms with E-state index in [0.717, 1.165) is 12.0 Å². The predicted molar refractivity (Wildman–Crippen MR) is 84.4 cm³/mol. The molecule has 0 radical (unpaired) electrons. The number of allylic oxidation sites excluding steroid dienone is 1. The van der Waals surface area contributed by atoms with Crippen LogP contribution in [0.15, 0.2) is 60.9 Å². The molecule has 0 aromatic heterocycles. The van der Waals surface area contributed by atoms with E-state index in [4.69, 9.17) is 0 Å². The van der Waals surface area contributed by atoms with Crippen LogP contribution in [0.1, 0.15) is 30.9 Å². The quantitative estimate of drug-likeness (QED) is 0.628. The van der Waals surface area contributed by atoms with Crippen LogP contribution in [-0.4, -0.2) is 0 Å². The second-order valence-electron chi connectivity index (χ2n) is 5.06. The third-order valence-electron chi connectivity index (χ3n) is 3.50. The van der Waals surface area contributed by atoms with Crippen LogP contribution < -0.4 is 0 Å². The van der Waals surface area contributed by atoms with Gasteiger partial charge in [-0.3, -0.25) is 0 Å². The van der Waals surface area contributed by atoms with Gasteiger partial charge in [0.2, 0.25) is 0 Å². The van der Waals surface area contributed by atoms with Crippen molar-refractivity contribution in [3.8, 4) is 11.1 Å². The van der Waals surface area contributed by atoms with Gasteiger partial charge in [-0.05, 0) is 41.5 Å². The van der Waals surface area contributed by atoms with Crippen molar-refractivity contribution >= 4 is 0 Å². The van der Waals surface area contributed by atoms with Gasteiger partial charge in [-0.25, -0.2) is 4.39 Å². The van der Waals surface area contributed by atoms with Gasteiger partial charge in [0.15, 0.2) is 0 Å². The highest BCUT2D eigenvalue weighted by atomic mass is 19.1. The summed E-state index contributed by atoms with van der Waals surface area (Å²) >= 11 is 0. The van der Waals surface area contributed by atoms with E-state index in [1.54, 1.807) is 0 Å². The fourth-order valence-corrected chi connectivity index (χ4v) is 2.26. The first-order chi connectivity index (χ1) is 9.83. The van der Waals surface area contributed by atoms with Gasteiger partial charge < -0.3 is 0 Å². The zero-order chi connectivity index (χ0) is 14.2. The Morgan fingerprint density at radius 3 is 1.90 bits per heavy atom. The van der Waals surface area contributed by atoms with Crippen molar-refractivity contribution in [1.82, 2.24) is 0 Å². The van der Waals surface area contributed by atoms with E-state index >= 15 is 0 Å². The summed E-state index contributed by atoms with van der Waals surface area (Å²) < 4.78 is 12.0. The Kier molecular flexibility index (Phi) is 5.55. The Morgan fingerprint density at radius 2 is 1.40 bits per heavy atom. The molecule has 0 bridgehead atoms. The molecule has 0 unspecified atom stereocenters. The highest BCUT2D eigenvalue weighted by Gasteiger charge is 1.99.